The Hall–Kier alpha value is -4.48. The van der Waals surface area contributed by atoms with Gasteiger partial charge in [-0.1, -0.05) is 48.5 Å². The number of imidazole rings is 1. The Morgan fingerprint density at radius 1 is 1.11 bits per heavy atom. The zero-order chi connectivity index (χ0) is 25.8. The number of carbonyl (C=O) groups is 1. The topological polar surface area (TPSA) is 94.2 Å². The van der Waals surface area contributed by atoms with E-state index in [4.69, 9.17) is 5.26 Å². The molecule has 1 fully saturated rings. The Labute approximate surface area is 214 Å². The van der Waals surface area contributed by atoms with Gasteiger partial charge in [0.2, 0.25) is 5.91 Å². The van der Waals surface area contributed by atoms with E-state index in [9.17, 15) is 14.3 Å². The monoisotopic (exact) mass is 495 g/mol. The standard InChI is InChI=1S/C29H26FN5O2/c30-26-13-20(9-10-23(26)15-31)18-34-19-32-16-24(34)17-33-27-11-12-35(29(27)37)28(21-5-2-1-3-6-21)22-7-4-8-25(36)14-22/h1-10,13-14,16,19,27-28,33,36H,11-12,17-18H2. The van der Waals surface area contributed by atoms with Crippen LogP contribution in [0.15, 0.2) is 85.3 Å². The van der Waals surface area contributed by atoms with Crippen LogP contribution < -0.4 is 5.32 Å². The normalized spacial score (nSPS) is 16.1. The predicted molar refractivity (Wildman–Crippen MR) is 136 cm³/mol. The number of phenols is 1. The number of hydrogen-bond donors (Lipinski definition) is 2. The van der Waals surface area contributed by atoms with Crippen molar-refractivity contribution in [2.75, 3.05) is 6.54 Å². The third-order valence-electron chi connectivity index (χ3n) is 6.69. The second-order valence-electron chi connectivity index (χ2n) is 9.10. The number of aromatic hydroxyl groups is 1. The molecule has 5 rings (SSSR count). The second-order valence-corrected chi connectivity index (χ2v) is 9.10. The van der Waals surface area contributed by atoms with Crippen LogP contribution in [0.3, 0.4) is 0 Å². The van der Waals surface area contributed by atoms with E-state index in [1.54, 1.807) is 36.8 Å². The highest BCUT2D eigenvalue weighted by Crippen LogP contribution is 2.33. The van der Waals surface area contributed by atoms with E-state index >= 15 is 0 Å². The Bertz CT molecular complexity index is 1450. The van der Waals surface area contributed by atoms with Crippen molar-refractivity contribution in [3.63, 3.8) is 0 Å². The fourth-order valence-corrected chi connectivity index (χ4v) is 4.84. The fraction of sp³-hybridized carbons (Fsp3) is 0.207. The minimum Gasteiger partial charge on any atom is -0.508 e. The van der Waals surface area contributed by atoms with Crippen molar-refractivity contribution in [2.45, 2.75) is 31.6 Å². The molecule has 2 N–H and O–H groups in total. The van der Waals surface area contributed by atoms with Crippen molar-refractivity contribution in [2.24, 2.45) is 0 Å². The molecule has 0 aliphatic carbocycles. The van der Waals surface area contributed by atoms with Gasteiger partial charge < -0.3 is 19.9 Å². The lowest BCUT2D eigenvalue weighted by molar-refractivity contribution is -0.130. The van der Waals surface area contributed by atoms with Crippen molar-refractivity contribution < 1.29 is 14.3 Å². The molecule has 4 aromatic rings. The first-order valence-electron chi connectivity index (χ1n) is 12.1. The van der Waals surface area contributed by atoms with Gasteiger partial charge in [-0.2, -0.15) is 5.26 Å². The first kappa shape index (κ1) is 24.2. The van der Waals surface area contributed by atoms with Gasteiger partial charge >= 0.3 is 0 Å². The van der Waals surface area contributed by atoms with Crippen molar-refractivity contribution in [1.29, 1.82) is 5.26 Å². The summed E-state index contributed by atoms with van der Waals surface area (Å²) in [5.41, 5.74) is 3.43. The van der Waals surface area contributed by atoms with Gasteiger partial charge in [0, 0.05) is 25.8 Å². The van der Waals surface area contributed by atoms with Gasteiger partial charge in [-0.3, -0.25) is 4.79 Å². The average molecular weight is 496 g/mol. The van der Waals surface area contributed by atoms with Gasteiger partial charge in [-0.25, -0.2) is 9.37 Å². The summed E-state index contributed by atoms with van der Waals surface area (Å²) in [4.78, 5) is 19.6. The van der Waals surface area contributed by atoms with Gasteiger partial charge in [-0.05, 0) is 47.4 Å². The molecular weight excluding hydrogens is 469 g/mol. The molecule has 0 bridgehead atoms. The van der Waals surface area contributed by atoms with Crippen molar-refractivity contribution in [1.82, 2.24) is 19.8 Å². The smallest absolute Gasteiger partial charge is 0.240 e. The summed E-state index contributed by atoms with van der Waals surface area (Å²) in [5, 5.41) is 22.4. The molecule has 2 atom stereocenters. The summed E-state index contributed by atoms with van der Waals surface area (Å²) in [6.45, 7) is 1.40. The highest BCUT2D eigenvalue weighted by atomic mass is 19.1. The summed E-state index contributed by atoms with van der Waals surface area (Å²) < 4.78 is 15.9. The maximum absolute atomic E-state index is 14.0. The fourth-order valence-electron chi connectivity index (χ4n) is 4.84. The molecule has 1 aliphatic heterocycles. The van der Waals surface area contributed by atoms with Crippen molar-refractivity contribution >= 4 is 5.91 Å². The Morgan fingerprint density at radius 2 is 1.92 bits per heavy atom. The number of amides is 1. The van der Waals surface area contributed by atoms with E-state index in [-0.39, 0.29) is 29.3 Å². The molecule has 8 heteroatoms. The highest BCUT2D eigenvalue weighted by molar-refractivity contribution is 5.85. The minimum atomic E-state index is -0.545. The number of hydrogen-bond acceptors (Lipinski definition) is 5. The van der Waals surface area contributed by atoms with Crippen LogP contribution in [0.4, 0.5) is 4.39 Å². The molecule has 2 heterocycles. The maximum atomic E-state index is 14.0. The van der Waals surface area contributed by atoms with E-state index in [1.807, 2.05) is 51.9 Å². The Balaban J connectivity index is 1.29. The number of likely N-dealkylation sites (tertiary alicyclic amines) is 1. The van der Waals surface area contributed by atoms with Crippen LogP contribution >= 0.6 is 0 Å². The quantitative estimate of drug-likeness (QED) is 0.383. The van der Waals surface area contributed by atoms with E-state index in [0.717, 1.165) is 22.4 Å². The van der Waals surface area contributed by atoms with Gasteiger partial charge in [0.1, 0.15) is 17.6 Å². The number of nitrogens with one attached hydrogen (secondary N) is 1. The largest absolute Gasteiger partial charge is 0.508 e. The van der Waals surface area contributed by atoms with Crippen LogP contribution in [0.25, 0.3) is 0 Å². The number of carbonyl (C=O) groups excluding carboxylic acids is 1. The molecule has 0 radical (unpaired) electrons. The molecule has 37 heavy (non-hydrogen) atoms. The number of rotatable bonds is 8. The number of aromatic nitrogens is 2. The predicted octanol–water partition coefficient (Wildman–Crippen LogP) is 4.13. The van der Waals surface area contributed by atoms with Gasteiger partial charge in [0.15, 0.2) is 0 Å². The first-order chi connectivity index (χ1) is 18.0. The molecule has 3 aromatic carbocycles. The molecule has 0 saturated carbocycles. The van der Waals surface area contributed by atoms with Crippen LogP contribution in [0.2, 0.25) is 0 Å². The Morgan fingerprint density at radius 3 is 2.68 bits per heavy atom. The van der Waals surface area contributed by atoms with Crippen LogP contribution in [0.1, 0.15) is 40.4 Å². The third kappa shape index (κ3) is 5.22. The molecular formula is C29H26FN5O2. The molecule has 1 amide bonds. The van der Waals surface area contributed by atoms with Crippen LogP contribution in [0, 0.1) is 17.1 Å². The lowest BCUT2D eigenvalue weighted by Gasteiger charge is -2.29. The van der Waals surface area contributed by atoms with E-state index in [0.29, 0.717) is 26.1 Å². The molecule has 7 nitrogen and oxygen atoms in total. The molecule has 0 spiro atoms. The SMILES string of the molecule is N#Cc1ccc(Cn2cncc2CNC2CCN(C(c3ccccc3)c3cccc(O)c3)C2=O)cc1F. The average Bonchev–Trinajstić information content (AvgIpc) is 3.50. The Kier molecular flexibility index (Phi) is 6.97. The zero-order valence-corrected chi connectivity index (χ0v) is 20.1. The van der Waals surface area contributed by atoms with Gasteiger partial charge in [0.05, 0.1) is 29.7 Å². The molecule has 2 unspecified atom stereocenters. The van der Waals surface area contributed by atoms with Crippen LogP contribution in [-0.2, 0) is 17.9 Å². The summed E-state index contributed by atoms with van der Waals surface area (Å²) in [7, 11) is 0. The lowest BCUT2D eigenvalue weighted by Crippen LogP contribution is -2.40. The molecule has 186 valence electrons. The van der Waals surface area contributed by atoms with Crippen LogP contribution in [0.5, 0.6) is 5.75 Å². The summed E-state index contributed by atoms with van der Waals surface area (Å²) in [5.74, 6) is -0.385. The van der Waals surface area contributed by atoms with Gasteiger partial charge in [-0.15, -0.1) is 0 Å². The highest BCUT2D eigenvalue weighted by Gasteiger charge is 2.37. The number of halogens is 1. The lowest BCUT2D eigenvalue weighted by atomic mass is 9.97. The van der Waals surface area contributed by atoms with E-state index < -0.39 is 5.82 Å². The molecule has 1 aliphatic rings. The second kappa shape index (κ2) is 10.6. The van der Waals surface area contributed by atoms with Crippen molar-refractivity contribution in [3.8, 4) is 11.8 Å². The van der Waals surface area contributed by atoms with E-state index in [1.165, 1.54) is 12.1 Å². The number of nitrogens with zero attached hydrogens (tertiary/aromatic N) is 4. The number of phenolic OH excluding ortho intramolecular Hbond substituents is 1. The van der Waals surface area contributed by atoms with E-state index in [2.05, 4.69) is 10.3 Å². The minimum absolute atomic E-state index is 0.00238. The maximum Gasteiger partial charge on any atom is 0.240 e. The summed E-state index contributed by atoms with van der Waals surface area (Å²) in [6.07, 6.45) is 4.04. The number of benzene rings is 3. The summed E-state index contributed by atoms with van der Waals surface area (Å²) in [6, 6.07) is 22.6. The van der Waals surface area contributed by atoms with Crippen molar-refractivity contribution in [3.05, 3.63) is 119 Å². The van der Waals surface area contributed by atoms with Gasteiger partial charge in [0.25, 0.3) is 0 Å². The third-order valence-corrected chi connectivity index (χ3v) is 6.69. The zero-order valence-electron chi connectivity index (χ0n) is 20.1. The molecule has 1 saturated heterocycles. The first-order valence-corrected chi connectivity index (χ1v) is 12.1. The van der Waals surface area contributed by atoms with Crippen LogP contribution in [-0.4, -0.2) is 38.1 Å². The molecule has 1 aromatic heterocycles. The number of nitriles is 1. The summed E-state index contributed by atoms with van der Waals surface area (Å²) >= 11 is 0.